The highest BCUT2D eigenvalue weighted by atomic mass is 32.2. The second-order valence-electron chi connectivity index (χ2n) is 5.13. The number of ether oxygens (including phenoxy) is 1. The molecule has 0 spiro atoms. The maximum Gasteiger partial charge on any atom is 0.262 e. The summed E-state index contributed by atoms with van der Waals surface area (Å²) in [7, 11) is -3.54. The first kappa shape index (κ1) is 15.4. The first-order valence-corrected chi connectivity index (χ1v) is 7.01. The van der Waals surface area contributed by atoms with Crippen LogP contribution in [0.25, 0.3) is 0 Å². The molecule has 0 aliphatic rings. The van der Waals surface area contributed by atoms with Gasteiger partial charge in [0.05, 0.1) is 11.9 Å². The first-order valence-electron chi connectivity index (χ1n) is 5.12. The molecule has 16 heavy (non-hydrogen) atoms. The number of hydrogen-bond donors (Lipinski definition) is 1. The van der Waals surface area contributed by atoms with E-state index in [4.69, 9.17) is 4.74 Å². The fourth-order valence-electron chi connectivity index (χ4n) is 1.11. The van der Waals surface area contributed by atoms with Crippen LogP contribution in [0.4, 0.5) is 0 Å². The Morgan fingerprint density at radius 1 is 1.25 bits per heavy atom. The molecule has 0 saturated heterocycles. The molecule has 0 aromatic heterocycles. The van der Waals surface area contributed by atoms with Crippen molar-refractivity contribution in [3.63, 3.8) is 0 Å². The zero-order valence-electron chi connectivity index (χ0n) is 10.7. The first-order chi connectivity index (χ1) is 6.92. The lowest BCUT2D eigenvalue weighted by molar-refractivity contribution is -0.145. The quantitative estimate of drug-likeness (QED) is 0.806. The van der Waals surface area contributed by atoms with E-state index in [1.165, 1.54) is 0 Å². The van der Waals surface area contributed by atoms with Crippen LogP contribution >= 0.6 is 0 Å². The Balaban J connectivity index is 4.75. The van der Waals surface area contributed by atoms with Crippen molar-refractivity contribution < 1.29 is 17.9 Å². The van der Waals surface area contributed by atoms with Crippen LogP contribution in [0.15, 0.2) is 0 Å². The van der Waals surface area contributed by atoms with Gasteiger partial charge in [-0.2, -0.15) is 0 Å². The van der Waals surface area contributed by atoms with Crippen molar-refractivity contribution in [3.8, 4) is 0 Å². The molecule has 1 atom stereocenters. The molecule has 0 rings (SSSR count). The fraction of sp³-hybridized carbons (Fsp3) is 0.900. The van der Waals surface area contributed by atoms with E-state index in [2.05, 4.69) is 0 Å². The third kappa shape index (κ3) is 6.79. The van der Waals surface area contributed by atoms with E-state index in [-0.39, 0.29) is 5.92 Å². The SMILES string of the molecule is CC(C)C(OC(C)(C)C)C(=O)NS(C)(=O)=O. The van der Waals surface area contributed by atoms with Crippen molar-refractivity contribution >= 4 is 15.9 Å². The van der Waals surface area contributed by atoms with Crippen LogP contribution in [0.2, 0.25) is 0 Å². The summed E-state index contributed by atoms with van der Waals surface area (Å²) in [6.45, 7) is 9.05. The lowest BCUT2D eigenvalue weighted by Crippen LogP contribution is -2.45. The van der Waals surface area contributed by atoms with E-state index in [1.54, 1.807) is 13.8 Å². The van der Waals surface area contributed by atoms with Gasteiger partial charge >= 0.3 is 0 Å². The maximum atomic E-state index is 11.7. The van der Waals surface area contributed by atoms with Crippen molar-refractivity contribution in [1.82, 2.24) is 4.72 Å². The highest BCUT2D eigenvalue weighted by Crippen LogP contribution is 2.16. The molecule has 0 aromatic rings. The molecular weight excluding hydrogens is 230 g/mol. The fourth-order valence-corrected chi connectivity index (χ4v) is 1.60. The Kier molecular flexibility index (Phi) is 4.94. The largest absolute Gasteiger partial charge is 0.362 e. The second-order valence-corrected chi connectivity index (χ2v) is 6.88. The van der Waals surface area contributed by atoms with Crippen molar-refractivity contribution in [2.45, 2.75) is 46.3 Å². The number of rotatable bonds is 4. The Bertz CT molecular complexity index is 340. The summed E-state index contributed by atoms with van der Waals surface area (Å²) in [5.41, 5.74) is -0.496. The lowest BCUT2D eigenvalue weighted by Gasteiger charge is -2.28. The van der Waals surface area contributed by atoms with Gasteiger partial charge in [-0.25, -0.2) is 8.42 Å². The summed E-state index contributed by atoms with van der Waals surface area (Å²) in [6.07, 6.45) is 0.175. The highest BCUT2D eigenvalue weighted by molar-refractivity contribution is 7.89. The number of sulfonamides is 1. The van der Waals surface area contributed by atoms with Gasteiger partial charge in [0.2, 0.25) is 10.0 Å². The summed E-state index contributed by atoms with van der Waals surface area (Å²) in [5, 5.41) is 0. The standard InChI is InChI=1S/C10H21NO4S/c1-7(2)8(15-10(3,4)5)9(12)11-16(6,13)14/h7-8H,1-6H3,(H,11,12). The Hall–Kier alpha value is -0.620. The minimum atomic E-state index is -3.54. The molecular formula is C10H21NO4S. The van der Waals surface area contributed by atoms with Crippen LogP contribution in [-0.2, 0) is 19.6 Å². The van der Waals surface area contributed by atoms with Crippen LogP contribution in [0.5, 0.6) is 0 Å². The normalized spacial score (nSPS) is 14.9. The van der Waals surface area contributed by atoms with E-state index < -0.39 is 27.6 Å². The van der Waals surface area contributed by atoms with Gasteiger partial charge in [-0.15, -0.1) is 0 Å². The van der Waals surface area contributed by atoms with Gasteiger partial charge in [0, 0.05) is 0 Å². The van der Waals surface area contributed by atoms with Gasteiger partial charge in [0.1, 0.15) is 6.10 Å². The van der Waals surface area contributed by atoms with E-state index in [9.17, 15) is 13.2 Å². The number of nitrogens with one attached hydrogen (secondary N) is 1. The molecule has 0 aliphatic heterocycles. The summed E-state index contributed by atoms with van der Waals surface area (Å²) >= 11 is 0. The van der Waals surface area contributed by atoms with Gasteiger partial charge in [0.15, 0.2) is 0 Å². The molecule has 0 aromatic carbocycles. The molecule has 96 valence electrons. The van der Waals surface area contributed by atoms with Crippen molar-refractivity contribution in [3.05, 3.63) is 0 Å². The van der Waals surface area contributed by atoms with Crippen molar-refractivity contribution in [2.24, 2.45) is 5.92 Å². The Morgan fingerprint density at radius 2 is 1.69 bits per heavy atom. The van der Waals surface area contributed by atoms with E-state index in [0.29, 0.717) is 0 Å². The third-order valence-electron chi connectivity index (χ3n) is 1.63. The smallest absolute Gasteiger partial charge is 0.262 e. The third-order valence-corrected chi connectivity index (χ3v) is 2.20. The molecule has 5 nitrogen and oxygen atoms in total. The van der Waals surface area contributed by atoms with Gasteiger partial charge in [-0.3, -0.25) is 9.52 Å². The van der Waals surface area contributed by atoms with E-state index in [1.807, 2.05) is 25.5 Å². The molecule has 0 bridgehead atoms. The monoisotopic (exact) mass is 251 g/mol. The molecule has 1 N–H and O–H groups in total. The Labute approximate surface area is 97.6 Å². The summed E-state index contributed by atoms with van der Waals surface area (Å²) < 4.78 is 29.4. The minimum Gasteiger partial charge on any atom is -0.362 e. The zero-order chi connectivity index (χ0) is 13.1. The number of amides is 1. The van der Waals surface area contributed by atoms with Gasteiger partial charge in [-0.1, -0.05) is 13.8 Å². The predicted octanol–water partition coefficient (Wildman–Crippen LogP) is 0.902. The molecule has 0 saturated carbocycles. The van der Waals surface area contributed by atoms with E-state index in [0.717, 1.165) is 6.26 Å². The molecule has 1 unspecified atom stereocenters. The van der Waals surface area contributed by atoms with Crippen molar-refractivity contribution in [1.29, 1.82) is 0 Å². The molecule has 0 heterocycles. The second kappa shape index (κ2) is 5.14. The minimum absolute atomic E-state index is 0.0963. The molecule has 0 aliphatic carbocycles. The zero-order valence-corrected chi connectivity index (χ0v) is 11.5. The van der Waals surface area contributed by atoms with Crippen LogP contribution in [0, 0.1) is 5.92 Å². The number of carbonyl (C=O) groups is 1. The number of carbonyl (C=O) groups excluding carboxylic acids is 1. The average Bonchev–Trinajstić information content (AvgIpc) is 1.94. The number of hydrogen-bond acceptors (Lipinski definition) is 4. The summed E-state index contributed by atoms with van der Waals surface area (Å²) in [6, 6.07) is 0. The van der Waals surface area contributed by atoms with Gasteiger partial charge in [-0.05, 0) is 26.7 Å². The van der Waals surface area contributed by atoms with Crippen LogP contribution in [0.1, 0.15) is 34.6 Å². The summed E-state index contributed by atoms with van der Waals surface area (Å²) in [4.78, 5) is 11.7. The highest BCUT2D eigenvalue weighted by Gasteiger charge is 2.29. The molecule has 1 amide bonds. The van der Waals surface area contributed by atoms with Gasteiger partial charge < -0.3 is 4.74 Å². The molecule has 0 radical (unpaired) electrons. The van der Waals surface area contributed by atoms with Crippen LogP contribution in [-0.4, -0.2) is 32.3 Å². The summed E-state index contributed by atoms with van der Waals surface area (Å²) in [5.74, 6) is -0.714. The van der Waals surface area contributed by atoms with Gasteiger partial charge in [0.25, 0.3) is 5.91 Å². The molecule has 0 fully saturated rings. The van der Waals surface area contributed by atoms with Crippen molar-refractivity contribution in [2.75, 3.05) is 6.26 Å². The Morgan fingerprint density at radius 3 is 1.94 bits per heavy atom. The maximum absolute atomic E-state index is 11.7. The predicted molar refractivity (Wildman–Crippen MR) is 62.5 cm³/mol. The van der Waals surface area contributed by atoms with Crippen LogP contribution in [0.3, 0.4) is 0 Å². The molecule has 6 heteroatoms. The lowest BCUT2D eigenvalue weighted by atomic mass is 10.1. The average molecular weight is 251 g/mol. The van der Waals surface area contributed by atoms with Crippen LogP contribution < -0.4 is 4.72 Å². The topological polar surface area (TPSA) is 72.5 Å². The van der Waals surface area contributed by atoms with E-state index >= 15 is 0 Å².